The maximum Gasteiger partial charge on any atom is 0.254 e. The molecule has 0 radical (unpaired) electrons. The van der Waals surface area contributed by atoms with Crippen molar-refractivity contribution in [3.63, 3.8) is 0 Å². The van der Waals surface area contributed by atoms with Gasteiger partial charge in [0, 0.05) is 54.0 Å². The summed E-state index contributed by atoms with van der Waals surface area (Å²) in [6.07, 6.45) is 3.78. The van der Waals surface area contributed by atoms with E-state index in [9.17, 15) is 9.18 Å². The van der Waals surface area contributed by atoms with E-state index in [1.54, 1.807) is 12.1 Å². The molecular weight excluding hydrogens is 481 g/mol. The predicted molar refractivity (Wildman–Crippen MR) is 146 cm³/mol. The number of benzene rings is 2. The SMILES string of the molecule is COc1cc(Cn2c(-c3nc4cc(C(=O)N5CCC[C@@H](N)C5)ccn4c3C)cc3ccccc32)ccc1F. The summed E-state index contributed by atoms with van der Waals surface area (Å²) < 4.78 is 23.5. The molecule has 1 aliphatic rings. The second-order valence-electron chi connectivity index (χ2n) is 9.99. The summed E-state index contributed by atoms with van der Waals surface area (Å²) in [5, 5.41) is 1.09. The van der Waals surface area contributed by atoms with Crippen LogP contribution in [0.25, 0.3) is 27.9 Å². The number of nitrogens with zero attached hydrogens (tertiary/aromatic N) is 4. The molecule has 0 unspecified atom stereocenters. The number of halogens is 1. The molecule has 2 aromatic carbocycles. The Kier molecular flexibility index (Phi) is 6.12. The molecular formula is C30H30FN5O2. The fourth-order valence-corrected chi connectivity index (χ4v) is 5.48. The Morgan fingerprint density at radius 1 is 1.16 bits per heavy atom. The largest absolute Gasteiger partial charge is 0.494 e. The lowest BCUT2D eigenvalue weighted by molar-refractivity contribution is 0.0709. The van der Waals surface area contributed by atoms with Crippen molar-refractivity contribution in [1.82, 2.24) is 18.9 Å². The second kappa shape index (κ2) is 9.61. The molecule has 2 N–H and O–H groups in total. The topological polar surface area (TPSA) is 77.8 Å². The fraction of sp³-hybridized carbons (Fsp3) is 0.267. The third kappa shape index (κ3) is 4.20. The number of carbonyl (C=O) groups is 1. The molecule has 38 heavy (non-hydrogen) atoms. The first kappa shape index (κ1) is 24.2. The number of para-hydroxylation sites is 1. The van der Waals surface area contributed by atoms with E-state index in [1.807, 2.05) is 46.7 Å². The lowest BCUT2D eigenvalue weighted by atomic mass is 10.1. The van der Waals surface area contributed by atoms with E-state index >= 15 is 0 Å². The summed E-state index contributed by atoms with van der Waals surface area (Å²) >= 11 is 0. The molecule has 0 bridgehead atoms. The van der Waals surface area contributed by atoms with E-state index < -0.39 is 0 Å². The van der Waals surface area contributed by atoms with Crippen LogP contribution in [-0.2, 0) is 6.54 Å². The molecule has 1 amide bonds. The Labute approximate surface area is 220 Å². The number of likely N-dealkylation sites (tertiary alicyclic amines) is 1. The number of imidazole rings is 1. The molecule has 3 aromatic heterocycles. The molecule has 0 spiro atoms. The first-order valence-electron chi connectivity index (χ1n) is 12.9. The summed E-state index contributed by atoms with van der Waals surface area (Å²) in [7, 11) is 1.47. The summed E-state index contributed by atoms with van der Waals surface area (Å²) in [5.74, 6) is -0.178. The number of nitrogens with two attached hydrogens (primary N) is 1. The molecule has 7 nitrogen and oxygen atoms in total. The van der Waals surface area contributed by atoms with Gasteiger partial charge in [0.25, 0.3) is 5.91 Å². The number of hydrogen-bond donors (Lipinski definition) is 1. The number of fused-ring (bicyclic) bond motifs is 2. The monoisotopic (exact) mass is 511 g/mol. The maximum atomic E-state index is 14.1. The summed E-state index contributed by atoms with van der Waals surface area (Å²) in [5.41, 5.74) is 12.2. The fourth-order valence-electron chi connectivity index (χ4n) is 5.48. The maximum absolute atomic E-state index is 14.1. The number of rotatable bonds is 5. The van der Waals surface area contributed by atoms with Gasteiger partial charge in [0.05, 0.1) is 12.8 Å². The van der Waals surface area contributed by atoms with E-state index in [2.05, 4.69) is 22.8 Å². The van der Waals surface area contributed by atoms with Crippen molar-refractivity contribution in [3.05, 3.63) is 89.5 Å². The molecule has 194 valence electrons. The van der Waals surface area contributed by atoms with Crippen LogP contribution in [0.2, 0.25) is 0 Å². The molecule has 1 fully saturated rings. The van der Waals surface area contributed by atoms with Crippen LogP contribution in [0.1, 0.15) is 34.5 Å². The van der Waals surface area contributed by atoms with Crippen LogP contribution in [0.15, 0.2) is 66.9 Å². The molecule has 8 heteroatoms. The van der Waals surface area contributed by atoms with Gasteiger partial charge in [0.15, 0.2) is 11.6 Å². The van der Waals surface area contributed by atoms with Crippen molar-refractivity contribution in [2.75, 3.05) is 20.2 Å². The molecule has 1 aliphatic heterocycles. The van der Waals surface area contributed by atoms with Gasteiger partial charge in [-0.3, -0.25) is 4.79 Å². The molecule has 6 rings (SSSR count). The highest BCUT2D eigenvalue weighted by molar-refractivity contribution is 5.95. The number of piperidine rings is 1. The molecule has 0 aliphatic carbocycles. The average molecular weight is 512 g/mol. The second-order valence-corrected chi connectivity index (χ2v) is 9.99. The minimum atomic E-state index is -0.387. The van der Waals surface area contributed by atoms with E-state index in [0.29, 0.717) is 24.3 Å². The van der Waals surface area contributed by atoms with E-state index in [1.165, 1.54) is 13.2 Å². The van der Waals surface area contributed by atoms with Gasteiger partial charge < -0.3 is 24.3 Å². The third-order valence-corrected chi connectivity index (χ3v) is 7.47. The zero-order valence-corrected chi connectivity index (χ0v) is 21.5. The van der Waals surface area contributed by atoms with Crippen molar-refractivity contribution in [1.29, 1.82) is 0 Å². The number of amides is 1. The first-order valence-corrected chi connectivity index (χ1v) is 12.9. The van der Waals surface area contributed by atoms with Crippen molar-refractivity contribution in [2.24, 2.45) is 5.73 Å². The van der Waals surface area contributed by atoms with Crippen LogP contribution in [0.4, 0.5) is 4.39 Å². The Morgan fingerprint density at radius 3 is 2.82 bits per heavy atom. The van der Waals surface area contributed by atoms with Gasteiger partial charge in [-0.2, -0.15) is 0 Å². The zero-order chi connectivity index (χ0) is 26.4. The van der Waals surface area contributed by atoms with Crippen molar-refractivity contribution in [3.8, 4) is 17.1 Å². The Balaban J connectivity index is 1.42. The van der Waals surface area contributed by atoms with Crippen LogP contribution in [0, 0.1) is 12.7 Å². The predicted octanol–water partition coefficient (Wildman–Crippen LogP) is 5.02. The average Bonchev–Trinajstić information content (AvgIpc) is 3.46. The van der Waals surface area contributed by atoms with Gasteiger partial charge in [-0.05, 0) is 61.7 Å². The van der Waals surface area contributed by atoms with Gasteiger partial charge >= 0.3 is 0 Å². The lowest BCUT2D eigenvalue weighted by Gasteiger charge is -2.30. The summed E-state index contributed by atoms with van der Waals surface area (Å²) in [6, 6.07) is 19.0. The Bertz CT molecular complexity index is 1670. The summed E-state index contributed by atoms with van der Waals surface area (Å²) in [6.45, 7) is 3.86. The molecule has 5 aromatic rings. The molecule has 0 saturated carbocycles. The quantitative estimate of drug-likeness (QED) is 0.359. The normalized spacial score (nSPS) is 15.9. The Hall–Kier alpha value is -4.17. The van der Waals surface area contributed by atoms with Gasteiger partial charge in [-0.1, -0.05) is 24.3 Å². The Morgan fingerprint density at radius 2 is 2.00 bits per heavy atom. The third-order valence-electron chi connectivity index (χ3n) is 7.47. The van der Waals surface area contributed by atoms with Gasteiger partial charge in [-0.25, -0.2) is 9.37 Å². The van der Waals surface area contributed by atoms with Crippen LogP contribution in [-0.4, -0.2) is 51.0 Å². The van der Waals surface area contributed by atoms with Crippen molar-refractivity contribution < 1.29 is 13.9 Å². The van der Waals surface area contributed by atoms with Gasteiger partial charge in [0.1, 0.15) is 11.3 Å². The van der Waals surface area contributed by atoms with Crippen LogP contribution < -0.4 is 10.5 Å². The number of ether oxygens (including phenoxy) is 1. The highest BCUT2D eigenvalue weighted by atomic mass is 19.1. The van der Waals surface area contributed by atoms with Crippen molar-refractivity contribution >= 4 is 22.5 Å². The van der Waals surface area contributed by atoms with Crippen LogP contribution >= 0.6 is 0 Å². The number of aryl methyl sites for hydroxylation is 1. The smallest absolute Gasteiger partial charge is 0.254 e. The van der Waals surface area contributed by atoms with E-state index in [-0.39, 0.29) is 23.5 Å². The highest BCUT2D eigenvalue weighted by Gasteiger charge is 2.24. The number of pyridine rings is 1. The minimum Gasteiger partial charge on any atom is -0.494 e. The number of aromatic nitrogens is 3. The standard InChI is InChI=1S/C30H30FN5O2/c1-19-29(33-28-16-22(11-13-35(19)28)30(37)34-12-5-7-23(32)18-34)26-15-21-6-3-4-8-25(21)36(26)17-20-9-10-24(31)27(14-20)38-2/h3-4,6,8-11,13-16,23H,5,7,12,17-18,32H2,1-2H3/t23-/m1/s1. The number of methoxy groups -OCH3 is 1. The zero-order valence-electron chi connectivity index (χ0n) is 21.5. The van der Waals surface area contributed by atoms with Crippen LogP contribution in [0.3, 0.4) is 0 Å². The first-order chi connectivity index (χ1) is 18.4. The van der Waals surface area contributed by atoms with E-state index in [0.717, 1.165) is 52.9 Å². The van der Waals surface area contributed by atoms with Crippen LogP contribution in [0.5, 0.6) is 5.75 Å². The molecule has 4 heterocycles. The highest BCUT2D eigenvalue weighted by Crippen LogP contribution is 2.32. The number of carbonyl (C=O) groups excluding carboxylic acids is 1. The molecule has 1 saturated heterocycles. The summed E-state index contributed by atoms with van der Waals surface area (Å²) in [4.78, 5) is 20.0. The van der Waals surface area contributed by atoms with E-state index in [4.69, 9.17) is 15.5 Å². The lowest BCUT2D eigenvalue weighted by Crippen LogP contribution is -2.45. The van der Waals surface area contributed by atoms with Crippen molar-refractivity contribution in [2.45, 2.75) is 32.4 Å². The minimum absolute atomic E-state index is 0.00998. The number of hydrogen-bond acceptors (Lipinski definition) is 4. The molecule has 1 atom stereocenters. The van der Waals surface area contributed by atoms with Gasteiger partial charge in [-0.15, -0.1) is 0 Å². The van der Waals surface area contributed by atoms with Gasteiger partial charge in [0.2, 0.25) is 0 Å².